The molecule has 1 aromatic heterocycles. The number of rotatable bonds is 4. The van der Waals surface area contributed by atoms with Gasteiger partial charge in [0, 0.05) is 25.1 Å². The van der Waals surface area contributed by atoms with Crippen LogP contribution in [0.4, 0.5) is 0 Å². The number of fused-ring (bicyclic) bond motifs is 1. The van der Waals surface area contributed by atoms with Crippen LogP contribution < -0.4 is 0 Å². The first-order valence-electron chi connectivity index (χ1n) is 8.02. The van der Waals surface area contributed by atoms with E-state index in [1.54, 1.807) is 0 Å². The predicted octanol–water partition coefficient (Wildman–Crippen LogP) is 1.75. The second-order valence-corrected chi connectivity index (χ2v) is 5.93. The van der Waals surface area contributed by atoms with Crippen molar-refractivity contribution in [1.29, 1.82) is 0 Å². The number of hydrogen-bond acceptors (Lipinski definition) is 4. The third-order valence-corrected chi connectivity index (χ3v) is 3.86. The van der Waals surface area contributed by atoms with Crippen molar-refractivity contribution < 1.29 is 9.53 Å². The molecule has 0 fully saturated rings. The van der Waals surface area contributed by atoms with E-state index < -0.39 is 0 Å². The molecule has 3 rings (SSSR count). The van der Waals surface area contributed by atoms with Crippen LogP contribution in [-0.4, -0.2) is 51.4 Å². The summed E-state index contributed by atoms with van der Waals surface area (Å²) in [5, 5.41) is 4.59. The first kappa shape index (κ1) is 15.7. The highest BCUT2D eigenvalue weighted by atomic mass is 16.5. The van der Waals surface area contributed by atoms with E-state index in [1.165, 1.54) is 0 Å². The maximum Gasteiger partial charge on any atom is 0.248 e. The minimum Gasteiger partial charge on any atom is -0.369 e. The van der Waals surface area contributed by atoms with Crippen LogP contribution in [0.2, 0.25) is 0 Å². The minimum atomic E-state index is 0.0349. The SMILES string of the molecule is CC(C)OCC(=O)N1CCc2nc(-c3ccccc3)nn2CC1. The third-order valence-electron chi connectivity index (χ3n) is 3.86. The van der Waals surface area contributed by atoms with Crippen LogP contribution in [0.1, 0.15) is 19.7 Å². The van der Waals surface area contributed by atoms with Gasteiger partial charge in [0.1, 0.15) is 12.4 Å². The van der Waals surface area contributed by atoms with E-state index in [4.69, 9.17) is 4.74 Å². The molecule has 0 atom stereocenters. The van der Waals surface area contributed by atoms with Crippen LogP contribution in [0.15, 0.2) is 30.3 Å². The van der Waals surface area contributed by atoms with Gasteiger partial charge in [0.25, 0.3) is 0 Å². The molecule has 0 N–H and O–H groups in total. The van der Waals surface area contributed by atoms with Gasteiger partial charge >= 0.3 is 0 Å². The van der Waals surface area contributed by atoms with E-state index in [9.17, 15) is 4.79 Å². The molecule has 0 aliphatic carbocycles. The Hall–Kier alpha value is -2.21. The predicted molar refractivity (Wildman–Crippen MR) is 86.8 cm³/mol. The van der Waals surface area contributed by atoms with Crippen LogP contribution in [0.25, 0.3) is 11.4 Å². The normalized spacial score (nSPS) is 14.7. The van der Waals surface area contributed by atoms with Crippen molar-refractivity contribution in [2.24, 2.45) is 0 Å². The second kappa shape index (κ2) is 6.91. The van der Waals surface area contributed by atoms with Crippen molar-refractivity contribution in [1.82, 2.24) is 19.7 Å². The summed E-state index contributed by atoms with van der Waals surface area (Å²) in [5.74, 6) is 1.72. The molecule has 1 amide bonds. The number of amides is 1. The van der Waals surface area contributed by atoms with Crippen LogP contribution in [0.3, 0.4) is 0 Å². The van der Waals surface area contributed by atoms with Gasteiger partial charge in [-0.15, -0.1) is 0 Å². The fourth-order valence-corrected chi connectivity index (χ4v) is 2.59. The molecule has 0 unspecified atom stereocenters. The molecule has 1 aliphatic rings. The van der Waals surface area contributed by atoms with Crippen molar-refractivity contribution in [2.45, 2.75) is 32.9 Å². The summed E-state index contributed by atoms with van der Waals surface area (Å²) in [6, 6.07) is 9.96. The first-order valence-corrected chi connectivity index (χ1v) is 8.02. The van der Waals surface area contributed by atoms with E-state index in [0.29, 0.717) is 26.1 Å². The molecule has 1 aromatic carbocycles. The summed E-state index contributed by atoms with van der Waals surface area (Å²) in [6.07, 6.45) is 0.782. The monoisotopic (exact) mass is 314 g/mol. The Morgan fingerprint density at radius 3 is 2.74 bits per heavy atom. The minimum absolute atomic E-state index is 0.0349. The fraction of sp³-hybridized carbons (Fsp3) is 0.471. The van der Waals surface area contributed by atoms with E-state index in [0.717, 1.165) is 17.2 Å². The number of carbonyl (C=O) groups is 1. The smallest absolute Gasteiger partial charge is 0.248 e. The lowest BCUT2D eigenvalue weighted by atomic mass is 10.2. The van der Waals surface area contributed by atoms with E-state index in [1.807, 2.05) is 53.8 Å². The zero-order valence-electron chi connectivity index (χ0n) is 13.6. The lowest BCUT2D eigenvalue weighted by molar-refractivity contribution is -0.137. The highest BCUT2D eigenvalue weighted by Crippen LogP contribution is 2.17. The average Bonchev–Trinajstić information content (AvgIpc) is 2.87. The van der Waals surface area contributed by atoms with Gasteiger partial charge in [0.15, 0.2) is 5.82 Å². The third kappa shape index (κ3) is 3.76. The molecule has 0 bridgehead atoms. The quantitative estimate of drug-likeness (QED) is 0.863. The Morgan fingerprint density at radius 1 is 1.22 bits per heavy atom. The van der Waals surface area contributed by atoms with Gasteiger partial charge in [-0.25, -0.2) is 9.67 Å². The summed E-state index contributed by atoms with van der Waals surface area (Å²) in [5.41, 5.74) is 1.02. The highest BCUT2D eigenvalue weighted by Gasteiger charge is 2.21. The standard InChI is InChI=1S/C17H22N4O2/c1-13(2)23-12-16(22)20-9-8-15-18-17(19-21(15)11-10-20)14-6-4-3-5-7-14/h3-7,13H,8-12H2,1-2H3. The Balaban J connectivity index is 1.66. The van der Waals surface area contributed by atoms with Crippen molar-refractivity contribution in [2.75, 3.05) is 19.7 Å². The van der Waals surface area contributed by atoms with Crippen molar-refractivity contribution in [3.05, 3.63) is 36.2 Å². The van der Waals surface area contributed by atoms with E-state index in [-0.39, 0.29) is 18.6 Å². The van der Waals surface area contributed by atoms with Gasteiger partial charge in [-0.3, -0.25) is 4.79 Å². The van der Waals surface area contributed by atoms with Gasteiger partial charge in [-0.2, -0.15) is 5.10 Å². The van der Waals surface area contributed by atoms with Gasteiger partial charge in [-0.1, -0.05) is 30.3 Å². The van der Waals surface area contributed by atoms with Crippen LogP contribution in [0, 0.1) is 0 Å². The van der Waals surface area contributed by atoms with Crippen LogP contribution in [0.5, 0.6) is 0 Å². The van der Waals surface area contributed by atoms with Crippen molar-refractivity contribution in [3.8, 4) is 11.4 Å². The lowest BCUT2D eigenvalue weighted by Gasteiger charge is -2.20. The number of hydrogen-bond donors (Lipinski definition) is 0. The molecule has 6 nitrogen and oxygen atoms in total. The number of aromatic nitrogens is 3. The molecule has 23 heavy (non-hydrogen) atoms. The van der Waals surface area contributed by atoms with Gasteiger partial charge in [-0.05, 0) is 13.8 Å². The number of carbonyl (C=O) groups excluding carboxylic acids is 1. The second-order valence-electron chi connectivity index (χ2n) is 5.93. The summed E-state index contributed by atoms with van der Waals surface area (Å²) in [6.45, 7) is 5.98. The maximum atomic E-state index is 12.2. The largest absolute Gasteiger partial charge is 0.369 e. The molecular weight excluding hydrogens is 292 g/mol. The molecule has 1 aliphatic heterocycles. The Kier molecular flexibility index (Phi) is 4.71. The molecule has 0 saturated heterocycles. The van der Waals surface area contributed by atoms with Crippen LogP contribution >= 0.6 is 0 Å². The van der Waals surface area contributed by atoms with Crippen molar-refractivity contribution >= 4 is 5.91 Å². The molecule has 2 heterocycles. The first-order chi connectivity index (χ1) is 11.1. The number of benzene rings is 1. The molecule has 0 saturated carbocycles. The molecule has 0 radical (unpaired) electrons. The molecule has 6 heteroatoms. The van der Waals surface area contributed by atoms with Gasteiger partial charge in [0.05, 0.1) is 12.6 Å². The summed E-state index contributed by atoms with van der Waals surface area (Å²) < 4.78 is 7.32. The maximum absolute atomic E-state index is 12.2. The van der Waals surface area contributed by atoms with E-state index >= 15 is 0 Å². The summed E-state index contributed by atoms with van der Waals surface area (Å²) in [4.78, 5) is 18.6. The van der Waals surface area contributed by atoms with E-state index in [2.05, 4.69) is 10.1 Å². The Morgan fingerprint density at radius 2 is 2.00 bits per heavy atom. The van der Waals surface area contributed by atoms with Crippen molar-refractivity contribution in [3.63, 3.8) is 0 Å². The molecule has 122 valence electrons. The van der Waals surface area contributed by atoms with Crippen LogP contribution in [-0.2, 0) is 22.5 Å². The summed E-state index contributed by atoms with van der Waals surface area (Å²) >= 11 is 0. The fourth-order valence-electron chi connectivity index (χ4n) is 2.59. The van der Waals surface area contributed by atoms with Gasteiger partial charge < -0.3 is 9.64 Å². The lowest BCUT2D eigenvalue weighted by Crippen LogP contribution is -2.37. The zero-order valence-corrected chi connectivity index (χ0v) is 13.6. The number of ether oxygens (including phenoxy) is 1. The Bertz CT molecular complexity index is 641. The molecule has 2 aromatic rings. The highest BCUT2D eigenvalue weighted by molar-refractivity contribution is 5.77. The zero-order chi connectivity index (χ0) is 16.2. The number of nitrogens with zero attached hydrogens (tertiary/aromatic N) is 4. The topological polar surface area (TPSA) is 60.2 Å². The average molecular weight is 314 g/mol. The van der Waals surface area contributed by atoms with Gasteiger partial charge in [0.2, 0.25) is 5.91 Å². The molecule has 0 spiro atoms. The molecular formula is C17H22N4O2. The summed E-state index contributed by atoms with van der Waals surface area (Å²) in [7, 11) is 0. The Labute approximate surface area is 136 Å².